The molecule has 0 bridgehead atoms. The van der Waals surface area contributed by atoms with Crippen LogP contribution in [0.15, 0.2) is 24.3 Å². The van der Waals surface area contributed by atoms with Crippen molar-refractivity contribution in [1.29, 1.82) is 0 Å². The summed E-state index contributed by atoms with van der Waals surface area (Å²) in [5.41, 5.74) is 0.281. The van der Waals surface area contributed by atoms with Crippen molar-refractivity contribution < 1.29 is 20.2 Å². The third-order valence-electron chi connectivity index (χ3n) is 2.06. The van der Waals surface area contributed by atoms with Crippen LogP contribution in [0, 0.1) is 10.1 Å². The topological polar surface area (TPSA) is 104 Å². The molecule has 0 radical (unpaired) electrons. The van der Waals surface area contributed by atoms with Gasteiger partial charge in [0.05, 0.1) is 0 Å². The van der Waals surface area contributed by atoms with Crippen molar-refractivity contribution in [3.63, 3.8) is 0 Å². The van der Waals surface area contributed by atoms with Crippen LogP contribution in [0.2, 0.25) is 0 Å². The first-order valence-electron chi connectivity index (χ1n) is 4.27. The van der Waals surface area contributed by atoms with Gasteiger partial charge in [-0.2, -0.15) is 0 Å². The van der Waals surface area contributed by atoms with Gasteiger partial charge in [-0.1, -0.05) is 12.1 Å². The minimum atomic E-state index is -1.45. The largest absolute Gasteiger partial charge is 0.508 e. The predicted octanol–water partition coefficient (Wildman–Crippen LogP) is 0.0632. The van der Waals surface area contributed by atoms with Crippen LogP contribution in [0.1, 0.15) is 11.7 Å². The lowest BCUT2D eigenvalue weighted by Crippen LogP contribution is -2.31. The van der Waals surface area contributed by atoms with E-state index in [1.165, 1.54) is 24.3 Å². The zero-order valence-electron chi connectivity index (χ0n) is 7.78. The van der Waals surface area contributed by atoms with Crippen molar-refractivity contribution in [3.05, 3.63) is 39.9 Å². The van der Waals surface area contributed by atoms with Crippen molar-refractivity contribution in [2.75, 3.05) is 6.61 Å². The van der Waals surface area contributed by atoms with Crippen molar-refractivity contribution in [2.45, 2.75) is 12.1 Å². The van der Waals surface area contributed by atoms with E-state index in [-0.39, 0.29) is 11.3 Å². The third-order valence-corrected chi connectivity index (χ3v) is 2.06. The second-order valence-corrected chi connectivity index (χ2v) is 3.07. The number of rotatable bonds is 4. The van der Waals surface area contributed by atoms with E-state index in [1.54, 1.807) is 0 Å². The highest BCUT2D eigenvalue weighted by Gasteiger charge is 2.30. The van der Waals surface area contributed by atoms with E-state index in [4.69, 9.17) is 10.2 Å². The number of phenolic OH excluding ortho intramolecular Hbond substituents is 1. The van der Waals surface area contributed by atoms with Crippen molar-refractivity contribution in [1.82, 2.24) is 0 Å². The molecule has 0 spiro atoms. The molecule has 2 unspecified atom stereocenters. The van der Waals surface area contributed by atoms with Crippen LogP contribution in [0.25, 0.3) is 0 Å². The van der Waals surface area contributed by atoms with E-state index in [0.717, 1.165) is 0 Å². The Bertz CT molecular complexity index is 337. The number of aliphatic hydroxyl groups excluding tert-OH is 2. The van der Waals surface area contributed by atoms with Gasteiger partial charge in [0.1, 0.15) is 18.5 Å². The zero-order chi connectivity index (χ0) is 11.4. The van der Waals surface area contributed by atoms with Gasteiger partial charge in [-0.3, -0.25) is 10.1 Å². The first kappa shape index (κ1) is 11.4. The van der Waals surface area contributed by atoms with Crippen molar-refractivity contribution in [3.8, 4) is 5.75 Å². The highest BCUT2D eigenvalue weighted by atomic mass is 16.6. The lowest BCUT2D eigenvalue weighted by Gasteiger charge is -2.14. The van der Waals surface area contributed by atoms with Gasteiger partial charge in [0.2, 0.25) is 0 Å². The number of nitro groups is 1. The zero-order valence-corrected chi connectivity index (χ0v) is 7.78. The molecule has 1 aromatic carbocycles. The van der Waals surface area contributed by atoms with Crippen LogP contribution in [-0.4, -0.2) is 32.9 Å². The second kappa shape index (κ2) is 4.72. The molecule has 0 aliphatic rings. The Morgan fingerprint density at radius 2 is 1.87 bits per heavy atom. The maximum absolute atomic E-state index is 10.4. The summed E-state index contributed by atoms with van der Waals surface area (Å²) in [7, 11) is 0. The molecule has 0 aromatic heterocycles. The molecule has 0 saturated heterocycles. The third kappa shape index (κ3) is 2.64. The minimum absolute atomic E-state index is 0.00704. The van der Waals surface area contributed by atoms with Crippen LogP contribution >= 0.6 is 0 Å². The van der Waals surface area contributed by atoms with Crippen molar-refractivity contribution in [2.24, 2.45) is 0 Å². The van der Waals surface area contributed by atoms with Gasteiger partial charge in [0.25, 0.3) is 6.04 Å². The monoisotopic (exact) mass is 213 g/mol. The van der Waals surface area contributed by atoms with E-state index < -0.39 is 23.7 Å². The minimum Gasteiger partial charge on any atom is -0.508 e. The predicted molar refractivity (Wildman–Crippen MR) is 50.9 cm³/mol. The molecule has 0 aliphatic carbocycles. The lowest BCUT2D eigenvalue weighted by molar-refractivity contribution is -0.539. The first-order chi connectivity index (χ1) is 7.06. The highest BCUT2D eigenvalue weighted by Crippen LogP contribution is 2.20. The average molecular weight is 213 g/mol. The molecule has 82 valence electrons. The number of benzene rings is 1. The number of aliphatic hydroxyl groups is 2. The summed E-state index contributed by atoms with van der Waals surface area (Å²) in [5, 5.41) is 37.7. The Kier molecular flexibility index (Phi) is 3.59. The van der Waals surface area contributed by atoms with E-state index >= 15 is 0 Å². The SMILES string of the molecule is O=[N+]([O-])C(CO)C(O)c1ccc(O)cc1. The van der Waals surface area contributed by atoms with Crippen LogP contribution in [0.3, 0.4) is 0 Å². The van der Waals surface area contributed by atoms with Crippen LogP contribution < -0.4 is 0 Å². The molecule has 1 aromatic rings. The van der Waals surface area contributed by atoms with Gasteiger partial charge < -0.3 is 15.3 Å². The van der Waals surface area contributed by atoms with E-state index in [0.29, 0.717) is 0 Å². The van der Waals surface area contributed by atoms with Gasteiger partial charge in [-0.15, -0.1) is 0 Å². The fraction of sp³-hybridized carbons (Fsp3) is 0.333. The molecule has 3 N–H and O–H groups in total. The van der Waals surface area contributed by atoms with Gasteiger partial charge in [0, 0.05) is 4.92 Å². The fourth-order valence-corrected chi connectivity index (χ4v) is 1.18. The number of hydrogen-bond donors (Lipinski definition) is 3. The molecule has 6 heteroatoms. The maximum atomic E-state index is 10.4. The van der Waals surface area contributed by atoms with Gasteiger partial charge >= 0.3 is 0 Å². The summed E-state index contributed by atoms with van der Waals surface area (Å²) in [6, 6.07) is 3.91. The number of phenols is 1. The highest BCUT2D eigenvalue weighted by molar-refractivity contribution is 5.27. The van der Waals surface area contributed by atoms with E-state index in [1.807, 2.05) is 0 Å². The standard InChI is InChI=1S/C9H11NO5/c11-5-8(10(14)15)9(13)6-1-3-7(12)4-2-6/h1-4,8-9,11-13H,5H2. The van der Waals surface area contributed by atoms with Gasteiger partial charge in [0.15, 0.2) is 0 Å². The Morgan fingerprint density at radius 1 is 1.33 bits per heavy atom. The summed E-state index contributed by atoms with van der Waals surface area (Å²) < 4.78 is 0. The normalized spacial score (nSPS) is 14.5. The molecule has 0 saturated carbocycles. The summed E-state index contributed by atoms with van der Waals surface area (Å²) in [6.45, 7) is -0.741. The van der Waals surface area contributed by atoms with E-state index in [2.05, 4.69) is 0 Å². The smallest absolute Gasteiger partial charge is 0.265 e. The average Bonchev–Trinajstić information content (AvgIpc) is 2.19. The molecule has 0 amide bonds. The van der Waals surface area contributed by atoms with Gasteiger partial charge in [-0.05, 0) is 17.7 Å². The lowest BCUT2D eigenvalue weighted by atomic mass is 10.0. The van der Waals surface area contributed by atoms with Gasteiger partial charge in [-0.25, -0.2) is 0 Å². The second-order valence-electron chi connectivity index (χ2n) is 3.07. The maximum Gasteiger partial charge on any atom is 0.265 e. The molecule has 2 atom stereocenters. The Morgan fingerprint density at radius 3 is 2.27 bits per heavy atom. The molecule has 6 nitrogen and oxygen atoms in total. The summed E-state index contributed by atoms with van der Waals surface area (Å²) in [6.07, 6.45) is -1.38. The Balaban J connectivity index is 2.87. The molecule has 0 aliphatic heterocycles. The van der Waals surface area contributed by atoms with Crippen LogP contribution in [0.5, 0.6) is 5.75 Å². The molecule has 1 rings (SSSR count). The fourth-order valence-electron chi connectivity index (χ4n) is 1.18. The summed E-state index contributed by atoms with van der Waals surface area (Å²) in [5.74, 6) is 0.00704. The first-order valence-corrected chi connectivity index (χ1v) is 4.27. The molecule has 0 heterocycles. The number of aromatic hydroxyl groups is 1. The van der Waals surface area contributed by atoms with Crippen molar-refractivity contribution >= 4 is 0 Å². The Labute approximate surface area is 85.6 Å². The molecule has 15 heavy (non-hydrogen) atoms. The summed E-state index contributed by atoms with van der Waals surface area (Å²) in [4.78, 5) is 9.71. The number of hydrogen-bond acceptors (Lipinski definition) is 5. The molecular formula is C9H11NO5. The Hall–Kier alpha value is -1.66. The molecular weight excluding hydrogens is 202 g/mol. The molecule has 0 fully saturated rings. The summed E-state index contributed by atoms with van der Waals surface area (Å²) >= 11 is 0. The quantitative estimate of drug-likeness (QED) is 0.484. The van der Waals surface area contributed by atoms with Crippen LogP contribution in [0.4, 0.5) is 0 Å². The van der Waals surface area contributed by atoms with Crippen LogP contribution in [-0.2, 0) is 0 Å². The number of nitrogens with zero attached hydrogens (tertiary/aromatic N) is 1. The van der Waals surface area contributed by atoms with E-state index in [9.17, 15) is 15.2 Å².